The molecule has 2 saturated heterocycles. The van der Waals surface area contributed by atoms with Crippen molar-refractivity contribution in [3.8, 4) is 0 Å². The maximum Gasteiger partial charge on any atom is 0.243 e. The highest BCUT2D eigenvalue weighted by molar-refractivity contribution is 14.0. The Morgan fingerprint density at radius 3 is 2.75 bits per heavy atom. The van der Waals surface area contributed by atoms with Crippen molar-refractivity contribution in [1.82, 2.24) is 20.4 Å². The van der Waals surface area contributed by atoms with E-state index in [1.54, 1.807) is 19.0 Å². The van der Waals surface area contributed by atoms with Crippen molar-refractivity contribution in [1.29, 1.82) is 0 Å². The van der Waals surface area contributed by atoms with Crippen LogP contribution in [0, 0.1) is 11.3 Å². The molecule has 2 N–H and O–H groups in total. The summed E-state index contributed by atoms with van der Waals surface area (Å²) >= 11 is 0. The number of halogens is 1. The van der Waals surface area contributed by atoms with Gasteiger partial charge in [0, 0.05) is 50.7 Å². The molecule has 3 aliphatic rings. The van der Waals surface area contributed by atoms with Crippen molar-refractivity contribution in [3.63, 3.8) is 0 Å². The Bertz CT molecular complexity index is 569. The Hall–Kier alpha value is -0.610. The summed E-state index contributed by atoms with van der Waals surface area (Å²) in [6.07, 6.45) is 3.92. The van der Waals surface area contributed by atoms with Crippen molar-refractivity contribution in [2.24, 2.45) is 16.3 Å². The molecule has 0 bridgehead atoms. The second-order valence-corrected chi connectivity index (χ2v) is 8.95. The Kier molecular flexibility index (Phi) is 8.39. The van der Waals surface area contributed by atoms with Crippen LogP contribution in [0.4, 0.5) is 0 Å². The summed E-state index contributed by atoms with van der Waals surface area (Å²) in [4.78, 5) is 20.7. The number of likely N-dealkylation sites (tertiary alicyclic amines) is 1. The number of fused-ring (bicyclic) bond motifs is 1. The van der Waals surface area contributed by atoms with E-state index in [1.807, 2.05) is 0 Å². The molecule has 2 heterocycles. The van der Waals surface area contributed by atoms with Crippen LogP contribution in [0.15, 0.2) is 4.99 Å². The van der Waals surface area contributed by atoms with Crippen LogP contribution in [0.3, 0.4) is 0 Å². The third-order valence-electron chi connectivity index (χ3n) is 6.67. The van der Waals surface area contributed by atoms with Gasteiger partial charge in [0.2, 0.25) is 5.91 Å². The molecular weight excluding hydrogens is 469 g/mol. The van der Waals surface area contributed by atoms with Gasteiger partial charge in [-0.05, 0) is 32.4 Å². The highest BCUT2D eigenvalue weighted by Gasteiger charge is 2.59. The number of guanidine groups is 1. The summed E-state index contributed by atoms with van der Waals surface area (Å²) in [5.41, 5.74) is 0.0813. The number of ether oxygens (including phenoxy) is 1. The molecule has 1 amide bonds. The van der Waals surface area contributed by atoms with Crippen LogP contribution in [0.25, 0.3) is 0 Å². The van der Waals surface area contributed by atoms with Gasteiger partial charge in [-0.3, -0.25) is 9.69 Å². The van der Waals surface area contributed by atoms with E-state index in [1.165, 1.54) is 19.4 Å². The fourth-order valence-electron chi connectivity index (χ4n) is 4.96. The van der Waals surface area contributed by atoms with E-state index < -0.39 is 0 Å². The van der Waals surface area contributed by atoms with Gasteiger partial charge < -0.3 is 20.3 Å². The Labute approximate surface area is 187 Å². The molecule has 3 fully saturated rings. The van der Waals surface area contributed by atoms with E-state index in [9.17, 15) is 4.79 Å². The van der Waals surface area contributed by atoms with Crippen molar-refractivity contribution >= 4 is 35.8 Å². The zero-order valence-electron chi connectivity index (χ0n) is 18.0. The first kappa shape index (κ1) is 23.7. The molecule has 4 atom stereocenters. The number of hydrogen-bond acceptors (Lipinski definition) is 4. The number of aliphatic imine (C=N–C) groups is 1. The van der Waals surface area contributed by atoms with Gasteiger partial charge in [0.15, 0.2) is 5.96 Å². The molecule has 1 aliphatic carbocycles. The standard InChI is InChI=1S/C20H37N5O2.HI/c1-6-25-10-7-8-14(25)12-21-19(22-13-16(26)24(4)5)23-17-15-9-11-27-18(15)20(17,2)3;/h14-15,17-18H,6-13H2,1-5H3,(H2,21,22,23);1H. The number of rotatable bonds is 6. The van der Waals surface area contributed by atoms with Crippen molar-refractivity contribution in [2.45, 2.75) is 58.2 Å². The molecule has 0 aromatic rings. The molecule has 0 aromatic heterocycles. The molecule has 3 rings (SSSR count). The number of nitrogens with one attached hydrogen (secondary N) is 2. The van der Waals surface area contributed by atoms with Crippen LogP contribution in [0.5, 0.6) is 0 Å². The minimum Gasteiger partial charge on any atom is -0.377 e. The highest BCUT2D eigenvalue weighted by atomic mass is 127. The average molecular weight is 507 g/mol. The van der Waals surface area contributed by atoms with Gasteiger partial charge in [-0.15, -0.1) is 24.0 Å². The van der Waals surface area contributed by atoms with E-state index in [4.69, 9.17) is 4.74 Å². The third-order valence-corrected chi connectivity index (χ3v) is 6.67. The molecule has 162 valence electrons. The van der Waals surface area contributed by atoms with Crippen LogP contribution in [-0.4, -0.2) is 86.7 Å². The molecular formula is C20H38IN5O2. The van der Waals surface area contributed by atoms with Crippen molar-refractivity contribution in [3.05, 3.63) is 0 Å². The van der Waals surface area contributed by atoms with E-state index >= 15 is 0 Å². The van der Waals surface area contributed by atoms with Gasteiger partial charge in [-0.2, -0.15) is 0 Å². The van der Waals surface area contributed by atoms with Crippen LogP contribution >= 0.6 is 24.0 Å². The van der Waals surface area contributed by atoms with Gasteiger partial charge in [-0.25, -0.2) is 4.99 Å². The fourth-order valence-corrected chi connectivity index (χ4v) is 4.96. The van der Waals surface area contributed by atoms with E-state index in [-0.39, 0.29) is 41.8 Å². The molecule has 0 aromatic carbocycles. The Morgan fingerprint density at radius 2 is 2.07 bits per heavy atom. The summed E-state index contributed by atoms with van der Waals surface area (Å²) in [7, 11) is 3.54. The number of likely N-dealkylation sites (N-methyl/N-ethyl adjacent to an activating group) is 2. The van der Waals surface area contributed by atoms with Crippen LogP contribution < -0.4 is 10.6 Å². The van der Waals surface area contributed by atoms with Gasteiger partial charge in [0.25, 0.3) is 0 Å². The summed E-state index contributed by atoms with van der Waals surface area (Å²) < 4.78 is 5.91. The smallest absolute Gasteiger partial charge is 0.243 e. The van der Waals surface area contributed by atoms with Crippen LogP contribution in [-0.2, 0) is 9.53 Å². The maximum absolute atomic E-state index is 12.0. The minimum absolute atomic E-state index is 0. The predicted molar refractivity (Wildman–Crippen MR) is 123 cm³/mol. The third kappa shape index (κ3) is 4.92. The first-order chi connectivity index (χ1) is 12.8. The van der Waals surface area contributed by atoms with Crippen molar-refractivity contribution in [2.75, 3.05) is 46.9 Å². The normalized spacial score (nSPS) is 31.5. The van der Waals surface area contributed by atoms with Gasteiger partial charge in [-0.1, -0.05) is 20.8 Å². The number of nitrogens with zero attached hydrogens (tertiary/aromatic N) is 3. The number of amides is 1. The summed E-state index contributed by atoms with van der Waals surface area (Å²) in [6, 6.07) is 0.875. The molecule has 8 heteroatoms. The van der Waals surface area contributed by atoms with Gasteiger partial charge in [0.1, 0.15) is 6.54 Å². The lowest BCUT2D eigenvalue weighted by molar-refractivity contribution is -0.127. The summed E-state index contributed by atoms with van der Waals surface area (Å²) in [5.74, 6) is 1.31. The molecule has 4 unspecified atom stereocenters. The number of carbonyl (C=O) groups excluding carboxylic acids is 1. The van der Waals surface area contributed by atoms with E-state index in [0.717, 1.165) is 32.1 Å². The summed E-state index contributed by atoms with van der Waals surface area (Å²) in [5, 5.41) is 7.16. The van der Waals surface area contributed by atoms with Crippen molar-refractivity contribution < 1.29 is 9.53 Å². The van der Waals surface area contributed by atoms with Crippen LogP contribution in [0.2, 0.25) is 0 Å². The topological polar surface area (TPSA) is 69.2 Å². The fraction of sp³-hybridized carbons (Fsp3) is 0.900. The lowest BCUT2D eigenvalue weighted by Crippen LogP contribution is -2.68. The van der Waals surface area contributed by atoms with Gasteiger partial charge >= 0.3 is 0 Å². The lowest BCUT2D eigenvalue weighted by atomic mass is 9.57. The average Bonchev–Trinajstić information content (AvgIpc) is 3.28. The van der Waals surface area contributed by atoms with E-state index in [0.29, 0.717) is 24.1 Å². The molecule has 1 saturated carbocycles. The molecule has 2 aliphatic heterocycles. The molecule has 0 radical (unpaired) electrons. The SMILES string of the molecule is CCN1CCCC1CNC(=NCC(=O)N(C)C)NC1C2CCOC2C1(C)C.I. The monoisotopic (exact) mass is 507 g/mol. The van der Waals surface area contributed by atoms with Crippen LogP contribution in [0.1, 0.15) is 40.0 Å². The van der Waals surface area contributed by atoms with E-state index in [2.05, 4.69) is 41.3 Å². The first-order valence-corrected chi connectivity index (χ1v) is 10.4. The molecule has 7 nitrogen and oxygen atoms in total. The Balaban J connectivity index is 0.00000280. The quantitative estimate of drug-likeness (QED) is 0.324. The first-order valence-electron chi connectivity index (χ1n) is 10.4. The van der Waals surface area contributed by atoms with Gasteiger partial charge in [0.05, 0.1) is 6.10 Å². The number of carbonyl (C=O) groups is 1. The number of hydrogen-bond donors (Lipinski definition) is 2. The molecule has 0 spiro atoms. The second kappa shape index (κ2) is 9.93. The minimum atomic E-state index is 0. The predicted octanol–water partition coefficient (Wildman–Crippen LogP) is 1.53. The Morgan fingerprint density at radius 1 is 1.32 bits per heavy atom. The molecule has 28 heavy (non-hydrogen) atoms. The maximum atomic E-state index is 12.0. The summed E-state index contributed by atoms with van der Waals surface area (Å²) in [6.45, 7) is 10.9. The largest absolute Gasteiger partial charge is 0.377 e. The zero-order chi connectivity index (χ0) is 19.6. The highest BCUT2D eigenvalue weighted by Crippen LogP contribution is 2.52. The lowest BCUT2D eigenvalue weighted by Gasteiger charge is -2.55. The second-order valence-electron chi connectivity index (χ2n) is 8.95. The zero-order valence-corrected chi connectivity index (χ0v) is 20.4.